The number of carboxylic acids is 1. The lowest BCUT2D eigenvalue weighted by molar-refractivity contribution is -0.140. The van der Waals surface area contributed by atoms with Crippen molar-refractivity contribution in [2.24, 2.45) is 0 Å². The van der Waals surface area contributed by atoms with Crippen molar-refractivity contribution in [1.29, 1.82) is 0 Å². The first-order valence-corrected chi connectivity index (χ1v) is 3.46. The summed E-state index contributed by atoms with van der Waals surface area (Å²) in [5.41, 5.74) is -1.44. The fraction of sp³-hybridized carbons (Fsp3) is 0.857. The largest absolute Gasteiger partial charge is 1.00 e. The third-order valence-corrected chi connectivity index (χ3v) is 1.34. The van der Waals surface area contributed by atoms with Crippen LogP contribution < -0.4 is 5.32 Å². The van der Waals surface area contributed by atoms with Crippen molar-refractivity contribution in [2.75, 3.05) is 7.05 Å². The van der Waals surface area contributed by atoms with Crippen molar-refractivity contribution >= 4 is 18.4 Å². The van der Waals surface area contributed by atoms with E-state index in [0.29, 0.717) is 0 Å². The molecule has 0 fully saturated rings. The standard InChI is InChI=1S/C7H14FNO2.ClH/c1-7(2,8)4-5(9-3)6(10)11;/h5,9H,4H2,1-3H3,(H,10,11);1H/p+1/t5-;/m0./s1. The summed E-state index contributed by atoms with van der Waals surface area (Å²) in [6.45, 7) is 2.72. The van der Waals surface area contributed by atoms with E-state index in [-0.39, 0.29) is 20.3 Å². The average Bonchev–Trinajstić information content (AvgIpc) is 1.80. The molecule has 0 rings (SSSR count). The van der Waals surface area contributed by atoms with Gasteiger partial charge in [0.05, 0.1) is 0 Å². The summed E-state index contributed by atoms with van der Waals surface area (Å²) >= 11 is 0. The van der Waals surface area contributed by atoms with Crippen molar-refractivity contribution in [1.82, 2.24) is 5.32 Å². The Morgan fingerprint density at radius 3 is 2.25 bits per heavy atom. The number of alkyl halides is 1. The number of rotatable bonds is 4. The molecule has 5 heteroatoms. The second-order valence-corrected chi connectivity index (χ2v) is 3.10. The van der Waals surface area contributed by atoms with Gasteiger partial charge in [0, 0.05) is 6.42 Å². The Balaban J connectivity index is -0.000000500. The van der Waals surface area contributed by atoms with Crippen molar-refractivity contribution in [3.05, 3.63) is 0 Å². The lowest BCUT2D eigenvalue weighted by Crippen LogP contribution is -2.38. The SMILES string of the molecule is CN[C@@H](CC(C)(C)F)C(=O)O.Cl.[H+]. The smallest absolute Gasteiger partial charge is 0.480 e. The molecule has 0 unspecified atom stereocenters. The molecule has 3 nitrogen and oxygen atoms in total. The summed E-state index contributed by atoms with van der Waals surface area (Å²) in [4.78, 5) is 10.4. The Morgan fingerprint density at radius 2 is 2.17 bits per heavy atom. The van der Waals surface area contributed by atoms with Gasteiger partial charge in [-0.05, 0) is 20.9 Å². The highest BCUT2D eigenvalue weighted by Gasteiger charge is 2.25. The molecule has 12 heavy (non-hydrogen) atoms. The van der Waals surface area contributed by atoms with Crippen molar-refractivity contribution in [2.45, 2.75) is 32.0 Å². The topological polar surface area (TPSA) is 49.3 Å². The average molecular weight is 201 g/mol. The molecule has 2 N–H and O–H groups in total. The fourth-order valence-corrected chi connectivity index (χ4v) is 0.798. The van der Waals surface area contributed by atoms with Gasteiger partial charge in [0.25, 0.3) is 0 Å². The van der Waals surface area contributed by atoms with Crippen LogP contribution in [0.25, 0.3) is 0 Å². The monoisotopic (exact) mass is 200 g/mol. The van der Waals surface area contributed by atoms with Crippen molar-refractivity contribution in [3.63, 3.8) is 0 Å². The molecule has 0 bridgehead atoms. The Kier molecular flexibility index (Phi) is 6.29. The van der Waals surface area contributed by atoms with Gasteiger partial charge in [0.2, 0.25) is 0 Å². The second-order valence-electron chi connectivity index (χ2n) is 3.10. The lowest BCUT2D eigenvalue weighted by Gasteiger charge is -2.18. The molecule has 0 saturated heterocycles. The zero-order valence-electron chi connectivity index (χ0n) is 8.43. The van der Waals surface area contributed by atoms with E-state index in [4.69, 9.17) is 5.11 Å². The van der Waals surface area contributed by atoms with Gasteiger partial charge in [0.15, 0.2) is 0 Å². The van der Waals surface area contributed by atoms with Gasteiger partial charge in [-0.3, -0.25) is 4.79 Å². The van der Waals surface area contributed by atoms with Gasteiger partial charge in [-0.1, -0.05) is 0 Å². The van der Waals surface area contributed by atoms with Gasteiger partial charge in [0.1, 0.15) is 11.7 Å². The summed E-state index contributed by atoms with van der Waals surface area (Å²) < 4.78 is 12.9. The Bertz CT molecular complexity index is 152. The summed E-state index contributed by atoms with van der Waals surface area (Å²) in [5.74, 6) is -1.02. The van der Waals surface area contributed by atoms with Crippen LogP contribution in [0.5, 0.6) is 0 Å². The van der Waals surface area contributed by atoms with Crippen LogP contribution >= 0.6 is 12.4 Å². The quantitative estimate of drug-likeness (QED) is 0.720. The molecule has 0 spiro atoms. The van der Waals surface area contributed by atoms with Crippen LogP contribution in [0.4, 0.5) is 4.39 Å². The van der Waals surface area contributed by atoms with E-state index in [1.807, 2.05) is 0 Å². The predicted octanol–water partition coefficient (Wildman–Crippen LogP) is 1.33. The number of likely N-dealkylation sites (N-methyl/N-ethyl adjacent to an activating group) is 1. The van der Waals surface area contributed by atoms with E-state index in [1.165, 1.54) is 20.9 Å². The number of nitrogens with one attached hydrogen (secondary N) is 1. The van der Waals surface area contributed by atoms with Gasteiger partial charge >= 0.3 is 7.40 Å². The summed E-state index contributed by atoms with van der Waals surface area (Å²) in [5, 5.41) is 11.0. The minimum absolute atomic E-state index is 0. The number of halogens is 2. The van der Waals surface area contributed by atoms with Crippen molar-refractivity contribution < 1.29 is 15.7 Å². The molecule has 0 saturated carbocycles. The molecule has 0 amide bonds. The molecule has 0 aliphatic heterocycles. The number of hydrogen-bond donors (Lipinski definition) is 2. The Hall–Kier alpha value is -0.350. The molecule has 0 aliphatic carbocycles. The fourth-order valence-electron chi connectivity index (χ4n) is 0.798. The highest BCUT2D eigenvalue weighted by Crippen LogP contribution is 2.15. The predicted molar refractivity (Wildman–Crippen MR) is 48.6 cm³/mol. The zero-order valence-corrected chi connectivity index (χ0v) is 8.24. The van der Waals surface area contributed by atoms with Crippen LogP contribution in [-0.2, 0) is 4.79 Å². The molecule has 0 aromatic carbocycles. The van der Waals surface area contributed by atoms with Gasteiger partial charge in [-0.15, -0.1) is 12.4 Å². The minimum Gasteiger partial charge on any atom is -0.480 e. The second kappa shape index (κ2) is 5.32. The van der Waals surface area contributed by atoms with E-state index in [9.17, 15) is 9.18 Å². The number of carboxylic acid groups (broad SMARTS) is 1. The van der Waals surface area contributed by atoms with Gasteiger partial charge in [-0.25, -0.2) is 4.39 Å². The summed E-state index contributed by atoms with van der Waals surface area (Å²) in [6.07, 6.45) is -0.0150. The van der Waals surface area contributed by atoms with E-state index < -0.39 is 17.7 Å². The number of carbonyl (C=O) groups is 1. The first-order valence-electron chi connectivity index (χ1n) is 3.46. The number of aliphatic carboxylic acids is 1. The highest BCUT2D eigenvalue weighted by molar-refractivity contribution is 5.85. The van der Waals surface area contributed by atoms with Crippen LogP contribution in [0.1, 0.15) is 21.7 Å². The lowest BCUT2D eigenvalue weighted by atomic mass is 10.0. The van der Waals surface area contributed by atoms with Crippen LogP contribution in [0.15, 0.2) is 0 Å². The van der Waals surface area contributed by atoms with Crippen LogP contribution in [0, 0.1) is 0 Å². The molecule has 1 atom stereocenters. The third kappa shape index (κ3) is 6.37. The molecule has 0 radical (unpaired) electrons. The first kappa shape index (κ1) is 14.2. The van der Waals surface area contributed by atoms with E-state index in [1.54, 1.807) is 0 Å². The molecular formula is C7H16ClFNO2+. The highest BCUT2D eigenvalue weighted by atomic mass is 35.5. The third-order valence-electron chi connectivity index (χ3n) is 1.34. The summed E-state index contributed by atoms with van der Waals surface area (Å²) in [7, 11) is 1.50. The molecule has 0 heterocycles. The maximum Gasteiger partial charge on any atom is 1.00 e. The van der Waals surface area contributed by atoms with Crippen LogP contribution in [0.3, 0.4) is 0 Å². The maximum atomic E-state index is 12.9. The van der Waals surface area contributed by atoms with E-state index >= 15 is 0 Å². The molecule has 0 aliphatic rings. The Labute approximate surface area is 79.2 Å². The number of hydrogen-bond acceptors (Lipinski definition) is 2. The van der Waals surface area contributed by atoms with Gasteiger partial charge < -0.3 is 10.4 Å². The van der Waals surface area contributed by atoms with Gasteiger partial charge in [-0.2, -0.15) is 0 Å². The maximum absolute atomic E-state index is 12.9. The first-order chi connectivity index (χ1) is 4.87. The van der Waals surface area contributed by atoms with E-state index in [2.05, 4.69) is 5.32 Å². The normalized spacial score (nSPS) is 13.3. The van der Waals surface area contributed by atoms with Crippen molar-refractivity contribution in [3.8, 4) is 0 Å². The van der Waals surface area contributed by atoms with E-state index in [0.717, 1.165) is 0 Å². The summed E-state index contributed by atoms with van der Waals surface area (Å²) in [6, 6.07) is -0.796. The molecule has 74 valence electrons. The minimum atomic E-state index is -1.44. The Morgan fingerprint density at radius 1 is 1.75 bits per heavy atom. The zero-order chi connectivity index (χ0) is 9.07. The molecular weight excluding hydrogens is 185 g/mol. The van der Waals surface area contributed by atoms with Crippen LogP contribution in [0.2, 0.25) is 0 Å². The molecule has 0 aromatic rings. The molecule has 0 aromatic heterocycles. The van der Waals surface area contributed by atoms with Crippen LogP contribution in [-0.4, -0.2) is 29.8 Å².